The summed E-state index contributed by atoms with van der Waals surface area (Å²) in [5, 5.41) is 6.79. The Morgan fingerprint density at radius 2 is 2.00 bits per heavy atom. The van der Waals surface area contributed by atoms with Crippen molar-refractivity contribution in [2.75, 3.05) is 5.32 Å². The van der Waals surface area contributed by atoms with Crippen LogP contribution in [0.1, 0.15) is 12.5 Å². The normalized spacial score (nSPS) is 13.9. The highest BCUT2D eigenvalue weighted by Gasteiger charge is 2.30. The van der Waals surface area contributed by atoms with E-state index < -0.39 is 5.54 Å². The summed E-state index contributed by atoms with van der Waals surface area (Å²) >= 11 is 0. The first-order chi connectivity index (χ1) is 8.50. The van der Waals surface area contributed by atoms with Crippen LogP contribution in [0.3, 0.4) is 0 Å². The summed E-state index contributed by atoms with van der Waals surface area (Å²) in [4.78, 5) is 12.2. The van der Waals surface area contributed by atoms with Crippen LogP contribution in [0.15, 0.2) is 42.6 Å². The first kappa shape index (κ1) is 12.3. The molecule has 1 aromatic heterocycles. The molecular formula is C13H16N4O. The zero-order chi connectivity index (χ0) is 13.2. The minimum absolute atomic E-state index is 0.285. The Bertz CT molecular complexity index is 545. The van der Waals surface area contributed by atoms with E-state index in [-0.39, 0.29) is 5.91 Å². The number of aromatic nitrogens is 2. The molecule has 0 aliphatic carbocycles. The van der Waals surface area contributed by atoms with Crippen molar-refractivity contribution < 1.29 is 4.79 Å². The molecule has 0 aliphatic heterocycles. The Labute approximate surface area is 106 Å². The van der Waals surface area contributed by atoms with Gasteiger partial charge in [-0.1, -0.05) is 30.3 Å². The lowest BCUT2D eigenvalue weighted by molar-refractivity contribution is -0.120. The van der Waals surface area contributed by atoms with Crippen molar-refractivity contribution >= 4 is 11.7 Å². The molecule has 1 atom stereocenters. The van der Waals surface area contributed by atoms with Crippen LogP contribution in [0.5, 0.6) is 0 Å². The van der Waals surface area contributed by atoms with Crippen LogP contribution in [0, 0.1) is 0 Å². The number of nitrogens with two attached hydrogens (primary N) is 1. The zero-order valence-corrected chi connectivity index (χ0v) is 10.4. The predicted molar refractivity (Wildman–Crippen MR) is 69.8 cm³/mol. The van der Waals surface area contributed by atoms with E-state index in [1.807, 2.05) is 30.3 Å². The summed E-state index contributed by atoms with van der Waals surface area (Å²) in [5.41, 5.74) is 5.77. The predicted octanol–water partition coefficient (Wildman–Crippen LogP) is 1.23. The van der Waals surface area contributed by atoms with Crippen LogP contribution in [0.2, 0.25) is 0 Å². The van der Waals surface area contributed by atoms with Crippen LogP contribution < -0.4 is 11.1 Å². The van der Waals surface area contributed by atoms with Gasteiger partial charge in [0.05, 0.1) is 0 Å². The third-order valence-corrected chi connectivity index (χ3v) is 2.80. The maximum absolute atomic E-state index is 12.2. The lowest BCUT2D eigenvalue weighted by Gasteiger charge is -2.23. The SMILES string of the molecule is Cn1ccc(NC(=O)C(C)(N)c2ccccc2)n1. The van der Waals surface area contributed by atoms with Gasteiger partial charge in [0.1, 0.15) is 5.54 Å². The van der Waals surface area contributed by atoms with Crippen molar-refractivity contribution in [3.05, 3.63) is 48.2 Å². The first-order valence-electron chi connectivity index (χ1n) is 5.65. The number of nitrogens with zero attached hydrogens (tertiary/aromatic N) is 2. The highest BCUT2D eigenvalue weighted by Crippen LogP contribution is 2.19. The molecule has 18 heavy (non-hydrogen) atoms. The molecule has 2 rings (SSSR count). The Morgan fingerprint density at radius 1 is 1.33 bits per heavy atom. The van der Waals surface area contributed by atoms with Crippen molar-refractivity contribution in [1.29, 1.82) is 0 Å². The van der Waals surface area contributed by atoms with Crippen LogP contribution in [0.4, 0.5) is 5.82 Å². The van der Waals surface area contributed by atoms with Gasteiger partial charge in [-0.3, -0.25) is 9.48 Å². The van der Waals surface area contributed by atoms with E-state index >= 15 is 0 Å². The number of carbonyl (C=O) groups excluding carboxylic acids is 1. The van der Waals surface area contributed by atoms with Gasteiger partial charge in [0.15, 0.2) is 5.82 Å². The molecule has 0 bridgehead atoms. The molecule has 94 valence electrons. The van der Waals surface area contributed by atoms with E-state index in [1.54, 1.807) is 30.9 Å². The molecular weight excluding hydrogens is 228 g/mol. The van der Waals surface area contributed by atoms with Crippen LogP contribution in [-0.4, -0.2) is 15.7 Å². The second kappa shape index (κ2) is 4.62. The molecule has 5 heteroatoms. The van der Waals surface area contributed by atoms with E-state index in [4.69, 9.17) is 5.73 Å². The molecule has 1 aromatic carbocycles. The van der Waals surface area contributed by atoms with Crippen molar-refractivity contribution in [3.63, 3.8) is 0 Å². The molecule has 0 saturated carbocycles. The lowest BCUT2D eigenvalue weighted by atomic mass is 9.92. The van der Waals surface area contributed by atoms with Crippen molar-refractivity contribution in [2.45, 2.75) is 12.5 Å². The Kier molecular flexibility index (Phi) is 3.16. The van der Waals surface area contributed by atoms with E-state index in [2.05, 4.69) is 10.4 Å². The monoisotopic (exact) mass is 244 g/mol. The van der Waals surface area contributed by atoms with Gasteiger partial charge in [-0.05, 0) is 12.5 Å². The summed E-state index contributed by atoms with van der Waals surface area (Å²) in [6.45, 7) is 1.68. The number of benzene rings is 1. The van der Waals surface area contributed by atoms with Gasteiger partial charge in [-0.15, -0.1) is 0 Å². The molecule has 1 heterocycles. The van der Waals surface area contributed by atoms with Crippen LogP contribution >= 0.6 is 0 Å². The highest BCUT2D eigenvalue weighted by molar-refractivity contribution is 5.97. The van der Waals surface area contributed by atoms with E-state index in [0.29, 0.717) is 5.82 Å². The number of amides is 1. The highest BCUT2D eigenvalue weighted by atomic mass is 16.2. The van der Waals surface area contributed by atoms with Crippen LogP contribution in [-0.2, 0) is 17.4 Å². The minimum atomic E-state index is -1.08. The topological polar surface area (TPSA) is 72.9 Å². The summed E-state index contributed by atoms with van der Waals surface area (Å²) in [7, 11) is 1.79. The second-order valence-electron chi connectivity index (χ2n) is 4.40. The number of carbonyl (C=O) groups is 1. The average Bonchev–Trinajstić information content (AvgIpc) is 2.76. The quantitative estimate of drug-likeness (QED) is 0.853. The molecule has 1 amide bonds. The van der Waals surface area contributed by atoms with Gasteiger partial charge in [-0.25, -0.2) is 0 Å². The summed E-state index contributed by atoms with van der Waals surface area (Å²) < 4.78 is 1.62. The molecule has 3 N–H and O–H groups in total. The fourth-order valence-electron chi connectivity index (χ4n) is 1.64. The smallest absolute Gasteiger partial charge is 0.249 e. The van der Waals surface area contributed by atoms with Crippen molar-refractivity contribution in [2.24, 2.45) is 12.8 Å². The Balaban J connectivity index is 2.18. The summed E-state index contributed by atoms with van der Waals surface area (Å²) in [6.07, 6.45) is 1.76. The van der Waals surface area contributed by atoms with E-state index in [1.165, 1.54) is 0 Å². The number of nitrogens with one attached hydrogen (secondary N) is 1. The number of hydrogen-bond donors (Lipinski definition) is 2. The third kappa shape index (κ3) is 2.41. The molecule has 5 nitrogen and oxygen atoms in total. The lowest BCUT2D eigenvalue weighted by Crippen LogP contribution is -2.45. The van der Waals surface area contributed by atoms with Gasteiger partial charge >= 0.3 is 0 Å². The number of rotatable bonds is 3. The molecule has 0 fully saturated rings. The maximum atomic E-state index is 12.2. The van der Waals surface area contributed by atoms with Gasteiger partial charge < -0.3 is 11.1 Å². The number of anilines is 1. The van der Waals surface area contributed by atoms with E-state index in [0.717, 1.165) is 5.56 Å². The molecule has 2 aromatic rings. The molecule has 1 unspecified atom stereocenters. The molecule has 0 saturated heterocycles. The third-order valence-electron chi connectivity index (χ3n) is 2.80. The molecule has 0 spiro atoms. The second-order valence-corrected chi connectivity index (χ2v) is 4.40. The fraction of sp³-hybridized carbons (Fsp3) is 0.231. The molecule has 0 aliphatic rings. The standard InChI is InChI=1S/C13H16N4O/c1-13(14,10-6-4-3-5-7-10)12(18)15-11-8-9-17(2)16-11/h3-9H,14H2,1-2H3,(H,15,16,18). The number of aryl methyl sites for hydroxylation is 1. The summed E-state index contributed by atoms with van der Waals surface area (Å²) in [5.74, 6) is 0.211. The average molecular weight is 244 g/mol. The maximum Gasteiger partial charge on any atom is 0.249 e. The van der Waals surface area contributed by atoms with Crippen LogP contribution in [0.25, 0.3) is 0 Å². The van der Waals surface area contributed by atoms with Gasteiger partial charge in [0.2, 0.25) is 5.91 Å². The zero-order valence-electron chi connectivity index (χ0n) is 10.4. The van der Waals surface area contributed by atoms with Crippen molar-refractivity contribution in [1.82, 2.24) is 9.78 Å². The van der Waals surface area contributed by atoms with Gasteiger partial charge in [0.25, 0.3) is 0 Å². The fourth-order valence-corrected chi connectivity index (χ4v) is 1.64. The van der Waals surface area contributed by atoms with Gasteiger partial charge in [0, 0.05) is 19.3 Å². The minimum Gasteiger partial charge on any atom is -0.314 e. The van der Waals surface area contributed by atoms with E-state index in [9.17, 15) is 4.79 Å². The Morgan fingerprint density at radius 3 is 2.56 bits per heavy atom. The van der Waals surface area contributed by atoms with Crippen molar-refractivity contribution in [3.8, 4) is 0 Å². The molecule has 0 radical (unpaired) electrons. The first-order valence-corrected chi connectivity index (χ1v) is 5.65. The largest absolute Gasteiger partial charge is 0.314 e. The number of hydrogen-bond acceptors (Lipinski definition) is 3. The van der Waals surface area contributed by atoms with Gasteiger partial charge in [-0.2, -0.15) is 5.10 Å². The Hall–Kier alpha value is -2.14. The summed E-state index contributed by atoms with van der Waals surface area (Å²) in [6, 6.07) is 11.0.